The first-order valence-corrected chi connectivity index (χ1v) is 30.6. The van der Waals surface area contributed by atoms with Crippen LogP contribution < -0.4 is 0 Å². The van der Waals surface area contributed by atoms with Crippen molar-refractivity contribution in [2.75, 3.05) is 26.4 Å². The molecule has 0 amide bonds. The van der Waals surface area contributed by atoms with Gasteiger partial charge < -0.3 is 64.2 Å². The van der Waals surface area contributed by atoms with Crippen LogP contribution in [0.1, 0.15) is 245 Å². The lowest BCUT2D eigenvalue weighted by Crippen LogP contribution is -2.61. The molecule has 2 saturated heterocycles. The third-order valence-corrected chi connectivity index (χ3v) is 14.6. The Kier molecular flexibility index (Phi) is 43.7. The van der Waals surface area contributed by atoms with Crippen LogP contribution in [0.3, 0.4) is 0 Å². The third kappa shape index (κ3) is 34.0. The standard InChI is InChI=1S/C61H110O15/c1-3-5-7-9-11-13-15-17-19-21-22-23-24-25-26-28-29-31-33-35-37-39-41-43-52(63)71-46-49(74-53(64)44-42-40-38-36-34-32-30-27-20-18-16-14-12-10-8-6-4-2)47-72-60-59(70)57(68)55(66)51(76-60)48-73-61-58(69)56(67)54(65)50(45-62)75-61/h12,14,18,20-22,49-51,54-62,65-70H,3-11,13,15-17,19,23-48H2,1-2H3/b14-12-,20-18-,22-21-. The summed E-state index contributed by atoms with van der Waals surface area (Å²) in [5, 5.41) is 72.3. The van der Waals surface area contributed by atoms with Gasteiger partial charge in [0.1, 0.15) is 55.4 Å². The number of aliphatic hydroxyl groups excluding tert-OH is 7. The van der Waals surface area contributed by atoms with Crippen molar-refractivity contribution in [3.63, 3.8) is 0 Å². The van der Waals surface area contributed by atoms with Crippen LogP contribution in [0.4, 0.5) is 0 Å². The number of rotatable bonds is 49. The van der Waals surface area contributed by atoms with E-state index in [0.29, 0.717) is 12.8 Å². The maximum absolute atomic E-state index is 13.1. The molecule has 15 heteroatoms. The third-order valence-electron chi connectivity index (χ3n) is 14.6. The van der Waals surface area contributed by atoms with Crippen LogP contribution in [0.5, 0.6) is 0 Å². The Labute approximate surface area is 459 Å². The van der Waals surface area contributed by atoms with E-state index in [2.05, 4.69) is 50.3 Å². The Morgan fingerprint density at radius 1 is 0.421 bits per heavy atom. The van der Waals surface area contributed by atoms with E-state index in [1.165, 1.54) is 135 Å². The van der Waals surface area contributed by atoms with Crippen molar-refractivity contribution < 1.29 is 73.8 Å². The molecule has 7 N–H and O–H groups in total. The lowest BCUT2D eigenvalue weighted by atomic mass is 9.98. The van der Waals surface area contributed by atoms with Crippen LogP contribution in [0.25, 0.3) is 0 Å². The molecule has 0 bridgehead atoms. The van der Waals surface area contributed by atoms with E-state index in [1.54, 1.807) is 0 Å². The summed E-state index contributed by atoms with van der Waals surface area (Å²) in [5.41, 5.74) is 0. The topological polar surface area (TPSA) is 231 Å². The highest BCUT2D eigenvalue weighted by Crippen LogP contribution is 2.27. The van der Waals surface area contributed by atoms with E-state index in [9.17, 15) is 45.3 Å². The fourth-order valence-corrected chi connectivity index (χ4v) is 9.60. The van der Waals surface area contributed by atoms with Crippen LogP contribution in [-0.2, 0) is 38.0 Å². The number of hydrogen-bond acceptors (Lipinski definition) is 15. The largest absolute Gasteiger partial charge is 0.462 e. The number of esters is 2. The highest BCUT2D eigenvalue weighted by Gasteiger charge is 2.47. The Bertz CT molecular complexity index is 1460. The van der Waals surface area contributed by atoms with Crippen molar-refractivity contribution in [2.24, 2.45) is 0 Å². The van der Waals surface area contributed by atoms with Gasteiger partial charge in [-0.05, 0) is 70.6 Å². The minimum atomic E-state index is -1.77. The maximum Gasteiger partial charge on any atom is 0.306 e. The maximum atomic E-state index is 13.1. The monoisotopic (exact) mass is 1080 g/mol. The molecular weight excluding hydrogens is 973 g/mol. The summed E-state index contributed by atoms with van der Waals surface area (Å²) in [4.78, 5) is 25.9. The van der Waals surface area contributed by atoms with Crippen LogP contribution in [0, 0.1) is 0 Å². The molecule has 2 heterocycles. The number of hydrogen-bond donors (Lipinski definition) is 7. The number of aliphatic hydroxyl groups is 7. The van der Waals surface area contributed by atoms with Crippen molar-refractivity contribution in [3.8, 4) is 0 Å². The van der Waals surface area contributed by atoms with E-state index >= 15 is 0 Å². The normalized spacial score (nSPS) is 24.5. The fraction of sp³-hybridized carbons (Fsp3) is 0.869. The molecule has 0 radical (unpaired) electrons. The highest BCUT2D eigenvalue weighted by atomic mass is 16.7. The van der Waals surface area contributed by atoms with Crippen LogP contribution in [0.2, 0.25) is 0 Å². The lowest BCUT2D eigenvalue weighted by Gasteiger charge is -2.42. The fourth-order valence-electron chi connectivity index (χ4n) is 9.60. The Morgan fingerprint density at radius 2 is 0.789 bits per heavy atom. The minimum absolute atomic E-state index is 0.157. The smallest absolute Gasteiger partial charge is 0.306 e. The van der Waals surface area contributed by atoms with E-state index in [-0.39, 0.29) is 26.1 Å². The zero-order valence-corrected chi connectivity index (χ0v) is 47.5. The molecule has 2 fully saturated rings. The van der Waals surface area contributed by atoms with Crippen molar-refractivity contribution in [3.05, 3.63) is 36.5 Å². The van der Waals surface area contributed by atoms with Gasteiger partial charge in [-0.15, -0.1) is 0 Å². The first-order valence-electron chi connectivity index (χ1n) is 30.6. The second kappa shape index (κ2) is 47.5. The van der Waals surface area contributed by atoms with Crippen molar-refractivity contribution >= 4 is 11.9 Å². The molecule has 0 spiro atoms. The van der Waals surface area contributed by atoms with E-state index in [4.69, 9.17) is 28.4 Å². The molecular formula is C61H110O15. The summed E-state index contributed by atoms with van der Waals surface area (Å²) in [6, 6.07) is 0. The molecule has 2 aliphatic heterocycles. The Balaban J connectivity index is 1.72. The number of unbranched alkanes of at least 4 members (excludes halogenated alkanes) is 29. The number of carbonyl (C=O) groups is 2. The summed E-state index contributed by atoms with van der Waals surface area (Å²) in [5.74, 6) is -0.926. The Hall–Kier alpha value is -2.28. The average molecular weight is 1080 g/mol. The second-order valence-corrected chi connectivity index (χ2v) is 21.5. The van der Waals surface area contributed by atoms with Crippen molar-refractivity contribution in [1.29, 1.82) is 0 Å². The van der Waals surface area contributed by atoms with Gasteiger partial charge >= 0.3 is 11.9 Å². The van der Waals surface area contributed by atoms with Crippen molar-refractivity contribution in [1.82, 2.24) is 0 Å². The van der Waals surface area contributed by atoms with Crippen LogP contribution in [0.15, 0.2) is 36.5 Å². The van der Waals surface area contributed by atoms with Gasteiger partial charge in [0.2, 0.25) is 0 Å². The molecule has 0 saturated carbocycles. The van der Waals surface area contributed by atoms with Gasteiger partial charge in [0.25, 0.3) is 0 Å². The first kappa shape index (κ1) is 69.8. The quantitative estimate of drug-likeness (QED) is 0.0171. The predicted molar refractivity (Wildman–Crippen MR) is 298 cm³/mol. The summed E-state index contributed by atoms with van der Waals surface area (Å²) >= 11 is 0. The van der Waals surface area contributed by atoms with Crippen LogP contribution >= 0.6 is 0 Å². The van der Waals surface area contributed by atoms with Gasteiger partial charge in [-0.3, -0.25) is 9.59 Å². The zero-order valence-electron chi connectivity index (χ0n) is 47.5. The highest BCUT2D eigenvalue weighted by molar-refractivity contribution is 5.70. The molecule has 2 rings (SSSR count). The van der Waals surface area contributed by atoms with Crippen LogP contribution in [-0.4, -0.2) is 142 Å². The molecule has 15 nitrogen and oxygen atoms in total. The summed E-state index contributed by atoms with van der Waals surface area (Å²) in [7, 11) is 0. The van der Waals surface area contributed by atoms with Gasteiger partial charge in [-0.25, -0.2) is 0 Å². The molecule has 0 aromatic rings. The summed E-state index contributed by atoms with van der Waals surface area (Å²) < 4.78 is 33.7. The van der Waals surface area contributed by atoms with E-state index in [1.807, 2.05) is 0 Å². The number of carbonyl (C=O) groups excluding carboxylic acids is 2. The number of ether oxygens (including phenoxy) is 6. The van der Waals surface area contributed by atoms with Gasteiger partial charge in [0.15, 0.2) is 18.7 Å². The number of allylic oxidation sites excluding steroid dienone is 6. The van der Waals surface area contributed by atoms with Gasteiger partial charge in [0, 0.05) is 12.8 Å². The zero-order chi connectivity index (χ0) is 55.3. The molecule has 0 aliphatic carbocycles. The molecule has 11 unspecified atom stereocenters. The first-order chi connectivity index (χ1) is 37.0. The lowest BCUT2D eigenvalue weighted by molar-refractivity contribution is -0.332. The van der Waals surface area contributed by atoms with Crippen molar-refractivity contribution in [2.45, 2.75) is 313 Å². The van der Waals surface area contributed by atoms with Gasteiger partial charge in [0.05, 0.1) is 19.8 Å². The van der Waals surface area contributed by atoms with Gasteiger partial charge in [-0.1, -0.05) is 198 Å². The second-order valence-electron chi connectivity index (χ2n) is 21.5. The van der Waals surface area contributed by atoms with Gasteiger partial charge in [-0.2, -0.15) is 0 Å². The molecule has 0 aromatic carbocycles. The minimum Gasteiger partial charge on any atom is -0.462 e. The molecule has 444 valence electrons. The SMILES string of the molecule is CCCCC/C=C\C/C=C\CCCCCCCCCC(=O)OC(COC(=O)CCCCCCCCCCCCC/C=C\CCCCCCCCCC)COC1OC(COC2OC(CO)C(O)C(O)C2O)C(O)C(O)C1O. The van der Waals surface area contributed by atoms with E-state index in [0.717, 1.165) is 70.6 Å². The molecule has 11 atom stereocenters. The Morgan fingerprint density at radius 3 is 1.26 bits per heavy atom. The summed E-state index contributed by atoms with van der Waals surface area (Å²) in [6.07, 6.45) is 37.3. The molecule has 2 aliphatic rings. The molecule has 0 aromatic heterocycles. The molecule has 76 heavy (non-hydrogen) atoms. The predicted octanol–water partition coefficient (Wildman–Crippen LogP) is 10.8. The van der Waals surface area contributed by atoms with E-state index < -0.39 is 92.7 Å². The summed E-state index contributed by atoms with van der Waals surface area (Å²) in [6.45, 7) is 2.60. The average Bonchev–Trinajstić information content (AvgIpc) is 3.41.